The van der Waals surface area contributed by atoms with E-state index in [1.54, 1.807) is 18.5 Å². The second-order valence-electron chi connectivity index (χ2n) is 3.69. The van der Waals surface area contributed by atoms with Crippen LogP contribution in [0.3, 0.4) is 0 Å². The van der Waals surface area contributed by atoms with Crippen molar-refractivity contribution in [2.24, 2.45) is 0 Å². The van der Waals surface area contributed by atoms with Crippen LogP contribution in [0.5, 0.6) is 0 Å². The van der Waals surface area contributed by atoms with E-state index in [9.17, 15) is 9.59 Å². The predicted molar refractivity (Wildman–Crippen MR) is 67.1 cm³/mol. The number of nitrogens with zero attached hydrogens (tertiary/aromatic N) is 2. The number of aromatic nitrogens is 3. The molecule has 17 heavy (non-hydrogen) atoms. The Kier molecular flexibility index (Phi) is 5.27. The summed E-state index contributed by atoms with van der Waals surface area (Å²) < 4.78 is 1.58. The molecule has 2 N–H and O–H groups in total. The molecule has 1 aromatic heterocycles. The number of hydrogen-bond acceptors (Lipinski definition) is 4. The predicted octanol–water partition coefficient (Wildman–Crippen LogP) is 0.598. The van der Waals surface area contributed by atoms with Gasteiger partial charge in [0.25, 0.3) is 0 Å². The molecule has 6 nitrogen and oxygen atoms in total. The SMILES string of the molecule is CCCCn1c(S[C@H](C)C(=O)NC)n[nH]c1=O. The van der Waals surface area contributed by atoms with Gasteiger partial charge in [-0.05, 0) is 13.3 Å². The molecule has 0 saturated heterocycles. The van der Waals surface area contributed by atoms with Gasteiger partial charge < -0.3 is 5.32 Å². The van der Waals surface area contributed by atoms with Gasteiger partial charge in [0.05, 0.1) is 5.25 Å². The molecular weight excluding hydrogens is 240 g/mol. The van der Waals surface area contributed by atoms with E-state index in [4.69, 9.17) is 0 Å². The highest BCUT2D eigenvalue weighted by atomic mass is 32.2. The fourth-order valence-corrected chi connectivity index (χ4v) is 2.26. The molecule has 0 aliphatic carbocycles. The van der Waals surface area contributed by atoms with Crippen molar-refractivity contribution in [2.75, 3.05) is 7.05 Å². The number of rotatable bonds is 6. The van der Waals surface area contributed by atoms with E-state index in [0.717, 1.165) is 12.8 Å². The minimum absolute atomic E-state index is 0.0764. The first-order valence-corrected chi connectivity index (χ1v) is 6.51. The molecule has 1 rings (SSSR count). The number of unbranched alkanes of at least 4 members (excludes halogenated alkanes) is 1. The molecule has 0 spiro atoms. The third-order valence-corrected chi connectivity index (χ3v) is 3.45. The first kappa shape index (κ1) is 13.8. The quantitative estimate of drug-likeness (QED) is 0.732. The molecule has 0 saturated carbocycles. The van der Waals surface area contributed by atoms with Gasteiger partial charge >= 0.3 is 5.69 Å². The van der Waals surface area contributed by atoms with Crippen molar-refractivity contribution >= 4 is 17.7 Å². The summed E-state index contributed by atoms with van der Waals surface area (Å²) >= 11 is 1.28. The van der Waals surface area contributed by atoms with Gasteiger partial charge in [0, 0.05) is 13.6 Å². The Balaban J connectivity index is 2.77. The Morgan fingerprint density at radius 1 is 1.65 bits per heavy atom. The lowest BCUT2D eigenvalue weighted by Crippen LogP contribution is -2.27. The Labute approximate surface area is 104 Å². The van der Waals surface area contributed by atoms with Gasteiger partial charge in [-0.3, -0.25) is 9.36 Å². The molecule has 0 unspecified atom stereocenters. The van der Waals surface area contributed by atoms with Crippen LogP contribution in [0.15, 0.2) is 9.95 Å². The van der Waals surface area contributed by atoms with E-state index in [0.29, 0.717) is 11.7 Å². The van der Waals surface area contributed by atoms with Crippen LogP contribution in [-0.2, 0) is 11.3 Å². The molecule has 96 valence electrons. The fraction of sp³-hybridized carbons (Fsp3) is 0.700. The summed E-state index contributed by atoms with van der Waals surface area (Å²) in [6, 6.07) is 0. The highest BCUT2D eigenvalue weighted by Crippen LogP contribution is 2.19. The molecule has 1 atom stereocenters. The molecular formula is C10H18N4O2S. The summed E-state index contributed by atoms with van der Waals surface area (Å²) in [4.78, 5) is 22.9. The third-order valence-electron chi connectivity index (χ3n) is 2.36. The molecule has 0 fully saturated rings. The molecule has 7 heteroatoms. The zero-order chi connectivity index (χ0) is 12.8. The molecule has 0 bridgehead atoms. The fourth-order valence-electron chi connectivity index (χ4n) is 1.32. The average Bonchev–Trinajstić information content (AvgIpc) is 2.66. The van der Waals surface area contributed by atoms with Gasteiger partial charge in [-0.15, -0.1) is 5.10 Å². The molecule has 0 radical (unpaired) electrons. The van der Waals surface area contributed by atoms with Crippen molar-refractivity contribution in [2.45, 2.75) is 43.6 Å². The minimum Gasteiger partial charge on any atom is -0.358 e. The number of carbonyl (C=O) groups excluding carboxylic acids is 1. The highest BCUT2D eigenvalue weighted by molar-refractivity contribution is 8.00. The second kappa shape index (κ2) is 6.48. The lowest BCUT2D eigenvalue weighted by Gasteiger charge is -2.09. The summed E-state index contributed by atoms with van der Waals surface area (Å²) in [6.45, 7) is 4.48. The minimum atomic E-state index is -0.268. The molecule has 1 aromatic rings. The van der Waals surface area contributed by atoms with E-state index in [2.05, 4.69) is 22.4 Å². The highest BCUT2D eigenvalue weighted by Gasteiger charge is 2.17. The number of aromatic amines is 1. The molecule has 1 amide bonds. The normalized spacial score (nSPS) is 12.4. The van der Waals surface area contributed by atoms with Crippen LogP contribution in [0, 0.1) is 0 Å². The largest absolute Gasteiger partial charge is 0.358 e. The van der Waals surface area contributed by atoms with E-state index < -0.39 is 0 Å². The van der Waals surface area contributed by atoms with Crippen LogP contribution in [0.1, 0.15) is 26.7 Å². The summed E-state index contributed by atoms with van der Waals surface area (Å²) in [5.41, 5.74) is -0.218. The van der Waals surface area contributed by atoms with Crippen LogP contribution in [-0.4, -0.2) is 33.0 Å². The van der Waals surface area contributed by atoms with Gasteiger partial charge in [-0.2, -0.15) is 0 Å². The molecule has 0 aromatic carbocycles. The number of hydrogen-bond donors (Lipinski definition) is 2. The Morgan fingerprint density at radius 2 is 2.35 bits per heavy atom. The topological polar surface area (TPSA) is 79.8 Å². The summed E-state index contributed by atoms with van der Waals surface area (Å²) in [5, 5.41) is 9.22. The van der Waals surface area contributed by atoms with Gasteiger partial charge in [0.1, 0.15) is 0 Å². The number of nitrogens with one attached hydrogen (secondary N) is 2. The number of carbonyl (C=O) groups is 1. The molecule has 1 heterocycles. The lowest BCUT2D eigenvalue weighted by molar-refractivity contribution is -0.119. The van der Waals surface area contributed by atoms with Crippen LogP contribution in [0.25, 0.3) is 0 Å². The number of amides is 1. The standard InChI is InChI=1S/C10H18N4O2S/c1-4-5-6-14-9(16)12-13-10(14)17-7(2)8(15)11-3/h7H,4-6H2,1-3H3,(H,11,15)(H,12,16)/t7-/m1/s1. The van der Waals surface area contributed by atoms with Crippen molar-refractivity contribution in [1.82, 2.24) is 20.1 Å². The maximum Gasteiger partial charge on any atom is 0.343 e. The number of H-pyrrole nitrogens is 1. The van der Waals surface area contributed by atoms with Crippen LogP contribution in [0.4, 0.5) is 0 Å². The average molecular weight is 258 g/mol. The zero-order valence-corrected chi connectivity index (χ0v) is 11.1. The van der Waals surface area contributed by atoms with Crippen molar-refractivity contribution in [3.8, 4) is 0 Å². The lowest BCUT2D eigenvalue weighted by atomic mass is 10.3. The van der Waals surface area contributed by atoms with Crippen molar-refractivity contribution in [1.29, 1.82) is 0 Å². The van der Waals surface area contributed by atoms with E-state index >= 15 is 0 Å². The van der Waals surface area contributed by atoms with E-state index in [1.165, 1.54) is 11.8 Å². The monoisotopic (exact) mass is 258 g/mol. The van der Waals surface area contributed by atoms with Crippen LogP contribution in [0.2, 0.25) is 0 Å². The van der Waals surface area contributed by atoms with Gasteiger partial charge in [-0.25, -0.2) is 9.89 Å². The maximum atomic E-state index is 11.5. The van der Waals surface area contributed by atoms with Gasteiger partial charge in [0.2, 0.25) is 5.91 Å². The van der Waals surface area contributed by atoms with Crippen molar-refractivity contribution < 1.29 is 4.79 Å². The smallest absolute Gasteiger partial charge is 0.343 e. The molecule has 0 aliphatic heterocycles. The van der Waals surface area contributed by atoms with Crippen LogP contribution >= 0.6 is 11.8 Å². The Morgan fingerprint density at radius 3 is 2.94 bits per heavy atom. The first-order valence-electron chi connectivity index (χ1n) is 5.63. The Bertz CT molecular complexity index is 426. The summed E-state index contributed by atoms with van der Waals surface area (Å²) in [5.74, 6) is -0.0764. The second-order valence-corrected chi connectivity index (χ2v) is 5.00. The van der Waals surface area contributed by atoms with E-state index in [1.807, 2.05) is 0 Å². The van der Waals surface area contributed by atoms with Crippen molar-refractivity contribution in [3.05, 3.63) is 10.5 Å². The Hall–Kier alpha value is -1.24. The summed E-state index contributed by atoms with van der Waals surface area (Å²) in [7, 11) is 1.59. The van der Waals surface area contributed by atoms with Gasteiger partial charge in [0.15, 0.2) is 5.16 Å². The van der Waals surface area contributed by atoms with Crippen LogP contribution < -0.4 is 11.0 Å². The van der Waals surface area contributed by atoms with Crippen molar-refractivity contribution in [3.63, 3.8) is 0 Å². The van der Waals surface area contributed by atoms with Gasteiger partial charge in [-0.1, -0.05) is 25.1 Å². The van der Waals surface area contributed by atoms with E-state index in [-0.39, 0.29) is 16.8 Å². The maximum absolute atomic E-state index is 11.5. The zero-order valence-electron chi connectivity index (χ0n) is 10.3. The first-order chi connectivity index (χ1) is 8.10. The summed E-state index contributed by atoms with van der Waals surface area (Å²) in [6.07, 6.45) is 1.92. The number of thioether (sulfide) groups is 1. The molecule has 0 aliphatic rings. The third kappa shape index (κ3) is 3.62.